The van der Waals surface area contributed by atoms with Crippen molar-refractivity contribution in [3.63, 3.8) is 0 Å². The van der Waals surface area contributed by atoms with E-state index < -0.39 is 11.0 Å². The molecule has 0 fully saturated rings. The van der Waals surface area contributed by atoms with Crippen LogP contribution in [0.15, 0.2) is 72.8 Å². The Hall–Kier alpha value is -3.78. The molecule has 0 radical (unpaired) electrons. The third-order valence-corrected chi connectivity index (χ3v) is 4.97. The van der Waals surface area contributed by atoms with Gasteiger partial charge in [0.05, 0.1) is 4.92 Å². The van der Waals surface area contributed by atoms with Crippen molar-refractivity contribution in [2.24, 2.45) is 0 Å². The topological polar surface area (TPSA) is 96.3 Å². The first-order valence-electron chi connectivity index (χ1n) is 9.60. The van der Waals surface area contributed by atoms with Gasteiger partial charge in [-0.2, -0.15) is 0 Å². The number of hydrogen-bond acceptors (Lipinski definition) is 4. The van der Waals surface area contributed by atoms with Crippen LogP contribution in [0.5, 0.6) is 0 Å². The fourth-order valence-corrected chi connectivity index (χ4v) is 3.41. The quantitative estimate of drug-likeness (QED) is 0.291. The standard InChI is InChI=1S/C23H22N4O3S/c1-15-9-8-10-16(2)20(15)25-22(28)21(17-11-4-3-5-12-17)26-23(31)24-18-13-6-7-14-19(18)27(29)30/h3-14,21H,1-2H3,(H,25,28)(H2,24,26,31). The number of anilines is 2. The van der Waals surface area contributed by atoms with Crippen LogP contribution in [0.2, 0.25) is 0 Å². The van der Waals surface area contributed by atoms with Crippen LogP contribution < -0.4 is 16.0 Å². The molecule has 7 nitrogen and oxygen atoms in total. The average molecular weight is 435 g/mol. The second kappa shape index (κ2) is 9.82. The molecule has 158 valence electrons. The summed E-state index contributed by atoms with van der Waals surface area (Å²) in [4.78, 5) is 24.0. The SMILES string of the molecule is Cc1cccc(C)c1NC(=O)C(NC(=S)Nc1ccccc1[N+](=O)[O-])c1ccccc1. The summed E-state index contributed by atoms with van der Waals surface area (Å²) >= 11 is 5.37. The smallest absolute Gasteiger partial charge is 0.292 e. The molecule has 3 rings (SSSR count). The number of benzene rings is 3. The van der Waals surface area contributed by atoms with Gasteiger partial charge in [-0.15, -0.1) is 0 Å². The van der Waals surface area contributed by atoms with Crippen LogP contribution in [0, 0.1) is 24.0 Å². The maximum absolute atomic E-state index is 13.2. The number of aryl methyl sites for hydroxylation is 2. The second-order valence-electron chi connectivity index (χ2n) is 6.97. The minimum Gasteiger partial charge on any atom is -0.347 e. The highest BCUT2D eigenvalue weighted by Gasteiger charge is 2.23. The predicted octanol–water partition coefficient (Wildman–Crippen LogP) is 4.88. The Bertz CT molecular complexity index is 1100. The minimum atomic E-state index is -0.803. The summed E-state index contributed by atoms with van der Waals surface area (Å²) in [5.74, 6) is -0.296. The zero-order chi connectivity index (χ0) is 22.4. The Morgan fingerprint density at radius 1 is 0.903 bits per heavy atom. The highest BCUT2D eigenvalue weighted by Crippen LogP contribution is 2.25. The van der Waals surface area contributed by atoms with Gasteiger partial charge in [0, 0.05) is 11.8 Å². The van der Waals surface area contributed by atoms with Crippen molar-refractivity contribution in [1.82, 2.24) is 5.32 Å². The van der Waals surface area contributed by atoms with Gasteiger partial charge in [0.2, 0.25) is 0 Å². The third-order valence-electron chi connectivity index (χ3n) is 4.75. The molecule has 31 heavy (non-hydrogen) atoms. The summed E-state index contributed by atoms with van der Waals surface area (Å²) in [6.45, 7) is 3.85. The minimum absolute atomic E-state index is 0.0970. The number of nitrogens with one attached hydrogen (secondary N) is 3. The van der Waals surface area contributed by atoms with Crippen LogP contribution in [-0.4, -0.2) is 15.9 Å². The van der Waals surface area contributed by atoms with Crippen molar-refractivity contribution in [3.8, 4) is 0 Å². The fraction of sp³-hybridized carbons (Fsp3) is 0.130. The summed E-state index contributed by atoms with van der Waals surface area (Å²) in [6.07, 6.45) is 0. The van der Waals surface area contributed by atoms with Gasteiger partial charge in [0.25, 0.3) is 11.6 Å². The summed E-state index contributed by atoms with van der Waals surface area (Å²) in [5, 5.41) is 20.2. The Morgan fingerprint density at radius 2 is 1.52 bits per heavy atom. The zero-order valence-corrected chi connectivity index (χ0v) is 17.9. The second-order valence-corrected chi connectivity index (χ2v) is 7.38. The molecular weight excluding hydrogens is 412 g/mol. The number of amides is 1. The highest BCUT2D eigenvalue weighted by molar-refractivity contribution is 7.80. The maximum atomic E-state index is 13.2. The lowest BCUT2D eigenvalue weighted by Gasteiger charge is -2.22. The van der Waals surface area contributed by atoms with Crippen molar-refractivity contribution in [2.45, 2.75) is 19.9 Å². The van der Waals surface area contributed by atoms with E-state index >= 15 is 0 Å². The molecule has 1 atom stereocenters. The van der Waals surface area contributed by atoms with Crippen LogP contribution >= 0.6 is 12.2 Å². The molecule has 0 aliphatic rings. The summed E-state index contributed by atoms with van der Waals surface area (Å²) in [7, 11) is 0. The summed E-state index contributed by atoms with van der Waals surface area (Å²) in [6, 6.07) is 20.3. The van der Waals surface area contributed by atoms with Gasteiger partial charge in [0.1, 0.15) is 11.7 Å². The zero-order valence-electron chi connectivity index (χ0n) is 17.1. The van der Waals surface area contributed by atoms with E-state index in [2.05, 4.69) is 16.0 Å². The number of carbonyl (C=O) groups is 1. The van der Waals surface area contributed by atoms with E-state index in [4.69, 9.17) is 12.2 Å². The van der Waals surface area contributed by atoms with Crippen molar-refractivity contribution < 1.29 is 9.72 Å². The van der Waals surface area contributed by atoms with Gasteiger partial charge in [-0.1, -0.05) is 60.7 Å². The molecule has 0 saturated heterocycles. The largest absolute Gasteiger partial charge is 0.347 e. The lowest BCUT2D eigenvalue weighted by atomic mass is 10.0. The molecule has 3 aromatic rings. The van der Waals surface area contributed by atoms with Crippen molar-refractivity contribution in [1.29, 1.82) is 0 Å². The Morgan fingerprint density at radius 3 is 2.16 bits per heavy atom. The number of carbonyl (C=O) groups excluding carboxylic acids is 1. The van der Waals surface area contributed by atoms with Crippen LogP contribution in [0.4, 0.5) is 17.1 Å². The average Bonchev–Trinajstić information content (AvgIpc) is 2.75. The summed E-state index contributed by atoms with van der Waals surface area (Å²) < 4.78 is 0. The van der Waals surface area contributed by atoms with Crippen LogP contribution in [-0.2, 0) is 4.79 Å². The molecule has 1 amide bonds. The monoisotopic (exact) mass is 434 g/mol. The van der Waals surface area contributed by atoms with E-state index in [1.54, 1.807) is 18.2 Å². The van der Waals surface area contributed by atoms with Crippen LogP contribution in [0.1, 0.15) is 22.7 Å². The van der Waals surface area contributed by atoms with E-state index in [-0.39, 0.29) is 22.4 Å². The Labute approximate surface area is 185 Å². The van der Waals surface area contributed by atoms with Crippen molar-refractivity contribution in [2.75, 3.05) is 10.6 Å². The highest BCUT2D eigenvalue weighted by atomic mass is 32.1. The van der Waals surface area contributed by atoms with Crippen LogP contribution in [0.3, 0.4) is 0 Å². The van der Waals surface area contributed by atoms with E-state index in [1.807, 2.05) is 62.4 Å². The van der Waals surface area contributed by atoms with Gasteiger partial charge in [0.15, 0.2) is 5.11 Å². The molecule has 0 aliphatic carbocycles. The molecule has 3 N–H and O–H groups in total. The number of thiocarbonyl (C=S) groups is 1. The summed E-state index contributed by atoms with van der Waals surface area (Å²) in [5.41, 5.74) is 3.47. The van der Waals surface area contributed by atoms with Gasteiger partial charge in [-0.25, -0.2) is 0 Å². The molecule has 0 aromatic heterocycles. The number of hydrogen-bond donors (Lipinski definition) is 3. The molecule has 1 unspecified atom stereocenters. The molecular formula is C23H22N4O3S. The molecule has 8 heteroatoms. The van der Waals surface area contributed by atoms with E-state index in [1.165, 1.54) is 6.07 Å². The fourth-order valence-electron chi connectivity index (χ4n) is 3.18. The first-order chi connectivity index (χ1) is 14.9. The van der Waals surface area contributed by atoms with E-state index in [0.29, 0.717) is 5.56 Å². The van der Waals surface area contributed by atoms with E-state index in [0.717, 1.165) is 16.8 Å². The van der Waals surface area contributed by atoms with Crippen LogP contribution in [0.25, 0.3) is 0 Å². The van der Waals surface area contributed by atoms with Crippen molar-refractivity contribution >= 4 is 40.3 Å². The molecule has 0 spiro atoms. The molecule has 0 aliphatic heterocycles. The number of nitro benzene ring substituents is 1. The number of para-hydroxylation sites is 3. The maximum Gasteiger partial charge on any atom is 0.292 e. The number of rotatable bonds is 6. The molecule has 3 aromatic carbocycles. The lowest BCUT2D eigenvalue weighted by Crippen LogP contribution is -2.39. The lowest BCUT2D eigenvalue weighted by molar-refractivity contribution is -0.383. The van der Waals surface area contributed by atoms with Gasteiger partial charge in [-0.05, 0) is 48.8 Å². The molecule has 0 saturated carbocycles. The Balaban J connectivity index is 1.84. The predicted molar refractivity (Wildman–Crippen MR) is 126 cm³/mol. The molecule has 0 bridgehead atoms. The van der Waals surface area contributed by atoms with Gasteiger partial charge < -0.3 is 16.0 Å². The Kier molecular flexibility index (Phi) is 6.94. The normalized spacial score (nSPS) is 11.3. The van der Waals surface area contributed by atoms with Gasteiger partial charge in [-0.3, -0.25) is 14.9 Å². The third kappa shape index (κ3) is 5.43. The van der Waals surface area contributed by atoms with Crippen molar-refractivity contribution in [3.05, 3.63) is 99.6 Å². The van der Waals surface area contributed by atoms with Gasteiger partial charge >= 0.3 is 0 Å². The first-order valence-corrected chi connectivity index (χ1v) is 10.0. The first kappa shape index (κ1) is 21.9. The van der Waals surface area contributed by atoms with E-state index in [9.17, 15) is 14.9 Å². The number of nitro groups is 1. The number of nitrogens with zero attached hydrogens (tertiary/aromatic N) is 1. The molecule has 0 heterocycles.